The Labute approximate surface area is 117 Å². The van der Waals surface area contributed by atoms with Crippen molar-refractivity contribution in [2.24, 2.45) is 0 Å². The number of benzene rings is 2. The molecule has 0 saturated heterocycles. The van der Waals surface area contributed by atoms with Gasteiger partial charge in [0, 0.05) is 0 Å². The Morgan fingerprint density at radius 3 is 2.55 bits per heavy atom. The molecule has 95 valence electrons. The molecule has 0 atom stereocenters. The minimum Gasteiger partial charge on any atom is -0.207 e. The number of hydrogen-bond donors (Lipinski definition) is 0. The molecule has 1 heteroatoms. The van der Waals surface area contributed by atoms with Crippen molar-refractivity contribution < 1.29 is 4.39 Å². The fourth-order valence-corrected chi connectivity index (χ4v) is 2.82. The van der Waals surface area contributed by atoms with Gasteiger partial charge in [0.25, 0.3) is 0 Å². The Morgan fingerprint density at radius 2 is 1.80 bits per heavy atom. The van der Waals surface area contributed by atoms with E-state index in [2.05, 4.69) is 36.9 Å². The Hall–Kier alpha value is -2.41. The highest BCUT2D eigenvalue weighted by Crippen LogP contribution is 2.47. The second-order valence-corrected chi connectivity index (χ2v) is 5.14. The second kappa shape index (κ2) is 4.04. The molecule has 0 spiro atoms. The summed E-state index contributed by atoms with van der Waals surface area (Å²) in [4.78, 5) is 0. The highest BCUT2D eigenvalue weighted by molar-refractivity contribution is 5.94. The number of halogens is 1. The lowest BCUT2D eigenvalue weighted by Gasteiger charge is -2.32. The zero-order valence-corrected chi connectivity index (χ0v) is 10.9. The van der Waals surface area contributed by atoms with Crippen molar-refractivity contribution in [1.82, 2.24) is 0 Å². The van der Waals surface area contributed by atoms with Crippen LogP contribution in [0, 0.1) is 11.7 Å². The molecule has 2 bridgehead atoms. The number of rotatable bonds is 2. The monoisotopic (exact) mass is 259 g/mol. The molecule has 1 radical (unpaired) electrons. The lowest BCUT2D eigenvalue weighted by molar-refractivity contribution is 0.630. The summed E-state index contributed by atoms with van der Waals surface area (Å²) in [6.45, 7) is 4.21. The van der Waals surface area contributed by atoms with E-state index in [0.29, 0.717) is 0 Å². The van der Waals surface area contributed by atoms with Crippen molar-refractivity contribution in [1.29, 1.82) is 0 Å². The van der Waals surface area contributed by atoms with Gasteiger partial charge in [-0.15, -0.1) is 0 Å². The summed E-state index contributed by atoms with van der Waals surface area (Å²) in [6, 6.07) is 10.9. The van der Waals surface area contributed by atoms with Crippen molar-refractivity contribution in [3.8, 4) is 0 Å². The Bertz CT molecular complexity index is 822. The van der Waals surface area contributed by atoms with Crippen LogP contribution in [0.5, 0.6) is 0 Å². The molecule has 20 heavy (non-hydrogen) atoms. The summed E-state index contributed by atoms with van der Waals surface area (Å²) in [5, 5.41) is 1.95. The van der Waals surface area contributed by atoms with E-state index in [0.717, 1.165) is 21.9 Å². The summed E-state index contributed by atoms with van der Waals surface area (Å²) in [7, 11) is 0. The number of allylic oxidation sites excluding steroid dienone is 7. The molecule has 0 unspecified atom stereocenters. The van der Waals surface area contributed by atoms with E-state index in [1.807, 2.05) is 12.1 Å². The summed E-state index contributed by atoms with van der Waals surface area (Å²) < 4.78 is 13.3. The van der Waals surface area contributed by atoms with Gasteiger partial charge < -0.3 is 0 Å². The molecule has 2 aromatic carbocycles. The van der Waals surface area contributed by atoms with E-state index in [-0.39, 0.29) is 5.82 Å². The first-order valence-corrected chi connectivity index (χ1v) is 6.59. The molecule has 0 fully saturated rings. The van der Waals surface area contributed by atoms with Crippen LogP contribution in [0.25, 0.3) is 16.3 Å². The number of hydrogen-bond acceptors (Lipinski definition) is 0. The first kappa shape index (κ1) is 11.4. The maximum Gasteiger partial charge on any atom is 0.123 e. The zero-order valence-electron chi connectivity index (χ0n) is 10.9. The predicted octanol–water partition coefficient (Wildman–Crippen LogP) is 5.00. The van der Waals surface area contributed by atoms with Crippen LogP contribution in [0.1, 0.15) is 5.56 Å². The first-order valence-electron chi connectivity index (χ1n) is 6.59. The van der Waals surface area contributed by atoms with Crippen LogP contribution in [0.2, 0.25) is 0 Å². The van der Waals surface area contributed by atoms with Gasteiger partial charge in [-0.3, -0.25) is 0 Å². The van der Waals surface area contributed by atoms with Crippen molar-refractivity contribution in [2.75, 3.05) is 0 Å². The zero-order chi connectivity index (χ0) is 13.7. The standard InChI is InChI=1S/C19H12F/c1-12(19-15-3-2-4-16(19)10-15)14-6-5-13-7-8-18(20)11-17(13)9-14/h2-11H,1H2. The van der Waals surface area contributed by atoms with E-state index < -0.39 is 0 Å². The molecule has 4 rings (SSSR count). The van der Waals surface area contributed by atoms with Crippen LogP contribution in [0.3, 0.4) is 0 Å². The Balaban J connectivity index is 1.76. The molecular formula is C19H12F. The maximum absolute atomic E-state index is 13.3. The largest absolute Gasteiger partial charge is 0.207 e. The van der Waals surface area contributed by atoms with Gasteiger partial charge in [0.1, 0.15) is 5.82 Å². The first-order chi connectivity index (χ1) is 9.72. The Kier molecular flexibility index (Phi) is 2.31. The molecule has 0 amide bonds. The van der Waals surface area contributed by atoms with Gasteiger partial charge in [0.05, 0.1) is 5.92 Å². The lowest BCUT2D eigenvalue weighted by Crippen LogP contribution is -2.16. The van der Waals surface area contributed by atoms with Crippen LogP contribution in [0.15, 0.2) is 78.4 Å². The van der Waals surface area contributed by atoms with Gasteiger partial charge in [-0.2, -0.15) is 0 Å². The molecule has 0 aromatic heterocycles. The van der Waals surface area contributed by atoms with Crippen LogP contribution < -0.4 is 0 Å². The summed E-state index contributed by atoms with van der Waals surface area (Å²) in [5.74, 6) is 1.00. The molecule has 0 aliphatic heterocycles. The smallest absolute Gasteiger partial charge is 0.123 e. The molecule has 0 nitrogen and oxygen atoms in total. The van der Waals surface area contributed by atoms with E-state index in [1.165, 1.54) is 23.1 Å². The van der Waals surface area contributed by atoms with E-state index in [4.69, 9.17) is 0 Å². The fraction of sp³-hybridized carbons (Fsp3) is 0. The van der Waals surface area contributed by atoms with Crippen molar-refractivity contribution >= 4 is 16.3 Å². The minimum atomic E-state index is -0.207. The highest BCUT2D eigenvalue weighted by Gasteiger charge is 2.30. The average molecular weight is 259 g/mol. The molecule has 2 aliphatic carbocycles. The van der Waals surface area contributed by atoms with Gasteiger partial charge >= 0.3 is 0 Å². The van der Waals surface area contributed by atoms with E-state index in [9.17, 15) is 4.39 Å². The van der Waals surface area contributed by atoms with Crippen LogP contribution in [-0.4, -0.2) is 0 Å². The fourth-order valence-electron chi connectivity index (χ4n) is 2.82. The Morgan fingerprint density at radius 1 is 0.950 bits per heavy atom. The SMILES string of the molecule is C=C([C]1C2=CC=CC1=C2)c1ccc2ccc(F)cc2c1. The van der Waals surface area contributed by atoms with Crippen LogP contribution >= 0.6 is 0 Å². The van der Waals surface area contributed by atoms with Crippen molar-refractivity contribution in [2.45, 2.75) is 0 Å². The predicted molar refractivity (Wildman–Crippen MR) is 81.5 cm³/mol. The van der Waals surface area contributed by atoms with Gasteiger partial charge in [0.15, 0.2) is 0 Å². The average Bonchev–Trinajstić information content (AvgIpc) is 2.47. The second-order valence-electron chi connectivity index (χ2n) is 5.14. The summed E-state index contributed by atoms with van der Waals surface area (Å²) >= 11 is 0. The molecule has 2 aliphatic rings. The lowest BCUT2D eigenvalue weighted by atomic mass is 9.71. The number of fused-ring (bicyclic) bond motifs is 3. The van der Waals surface area contributed by atoms with Gasteiger partial charge in [-0.05, 0) is 51.3 Å². The van der Waals surface area contributed by atoms with Crippen LogP contribution in [0.4, 0.5) is 4.39 Å². The topological polar surface area (TPSA) is 0 Å². The third kappa shape index (κ3) is 1.60. The molecule has 2 aromatic rings. The third-order valence-corrected chi connectivity index (χ3v) is 3.89. The van der Waals surface area contributed by atoms with Crippen LogP contribution in [-0.2, 0) is 0 Å². The van der Waals surface area contributed by atoms with E-state index in [1.54, 1.807) is 12.1 Å². The molecule has 0 N–H and O–H groups in total. The van der Waals surface area contributed by atoms with Gasteiger partial charge in [-0.1, -0.05) is 49.1 Å². The third-order valence-electron chi connectivity index (χ3n) is 3.89. The van der Waals surface area contributed by atoms with E-state index >= 15 is 0 Å². The molecular weight excluding hydrogens is 247 g/mol. The van der Waals surface area contributed by atoms with Crippen molar-refractivity contribution in [3.63, 3.8) is 0 Å². The van der Waals surface area contributed by atoms with Gasteiger partial charge in [-0.25, -0.2) is 4.39 Å². The minimum absolute atomic E-state index is 0.207. The summed E-state index contributed by atoms with van der Waals surface area (Å²) in [6.07, 6.45) is 8.39. The highest BCUT2D eigenvalue weighted by atomic mass is 19.1. The normalized spacial score (nSPS) is 16.6. The quantitative estimate of drug-likeness (QED) is 0.711. The van der Waals surface area contributed by atoms with Crippen molar-refractivity contribution in [3.05, 3.63) is 95.7 Å². The maximum atomic E-state index is 13.3. The molecule has 0 saturated carbocycles. The summed E-state index contributed by atoms with van der Waals surface area (Å²) in [5.41, 5.74) is 4.51. The molecule has 0 heterocycles. The van der Waals surface area contributed by atoms with Gasteiger partial charge in [0.2, 0.25) is 0 Å².